The van der Waals surface area contributed by atoms with Gasteiger partial charge in [-0.15, -0.1) is 0 Å². The standard InChI is InChI=1S/C12H24N2/c1-9(2)14-8-7-11(13)10-5-3-4-6-12(10)14/h9-12H,3-8,13H2,1-2H3/t10-,11+,12+/m1/s1. The van der Waals surface area contributed by atoms with E-state index in [-0.39, 0.29) is 0 Å². The van der Waals surface area contributed by atoms with Gasteiger partial charge in [0, 0.05) is 24.7 Å². The normalized spacial score (nSPS) is 39.9. The third-order valence-corrected chi connectivity index (χ3v) is 4.14. The van der Waals surface area contributed by atoms with Crippen molar-refractivity contribution < 1.29 is 0 Å². The molecule has 0 aromatic rings. The molecule has 0 unspecified atom stereocenters. The van der Waals surface area contributed by atoms with E-state index < -0.39 is 0 Å². The van der Waals surface area contributed by atoms with E-state index in [0.29, 0.717) is 12.1 Å². The predicted molar refractivity (Wildman–Crippen MR) is 60.2 cm³/mol. The van der Waals surface area contributed by atoms with Crippen LogP contribution in [-0.4, -0.2) is 29.6 Å². The van der Waals surface area contributed by atoms with Gasteiger partial charge >= 0.3 is 0 Å². The summed E-state index contributed by atoms with van der Waals surface area (Å²) in [6.07, 6.45) is 6.78. The van der Waals surface area contributed by atoms with Crippen molar-refractivity contribution >= 4 is 0 Å². The van der Waals surface area contributed by atoms with Gasteiger partial charge in [-0.2, -0.15) is 0 Å². The number of nitrogens with zero attached hydrogens (tertiary/aromatic N) is 1. The van der Waals surface area contributed by atoms with Gasteiger partial charge in [-0.3, -0.25) is 4.90 Å². The molecule has 0 radical (unpaired) electrons. The van der Waals surface area contributed by atoms with Crippen molar-refractivity contribution in [1.29, 1.82) is 0 Å². The van der Waals surface area contributed by atoms with Crippen LogP contribution in [0.1, 0.15) is 46.0 Å². The summed E-state index contributed by atoms with van der Waals surface area (Å²) in [5, 5.41) is 0. The zero-order chi connectivity index (χ0) is 10.1. The SMILES string of the molecule is CC(C)N1CC[C@H](N)[C@H]2CCCC[C@@H]21. The molecule has 82 valence electrons. The predicted octanol–water partition coefficient (Wildman–Crippen LogP) is 1.99. The number of nitrogens with two attached hydrogens (primary N) is 1. The Bertz CT molecular complexity index is 189. The van der Waals surface area contributed by atoms with Crippen LogP contribution in [0, 0.1) is 5.92 Å². The molecule has 2 heteroatoms. The molecule has 2 fully saturated rings. The highest BCUT2D eigenvalue weighted by Gasteiger charge is 2.38. The molecule has 1 heterocycles. The average molecular weight is 196 g/mol. The fourth-order valence-corrected chi connectivity index (χ4v) is 3.37. The van der Waals surface area contributed by atoms with Crippen molar-refractivity contribution in [3.63, 3.8) is 0 Å². The minimum Gasteiger partial charge on any atom is -0.327 e. The van der Waals surface area contributed by atoms with E-state index in [1.165, 1.54) is 38.6 Å². The summed E-state index contributed by atoms with van der Waals surface area (Å²) in [5.74, 6) is 0.792. The lowest BCUT2D eigenvalue weighted by molar-refractivity contribution is 0.0248. The molecular weight excluding hydrogens is 172 g/mol. The molecule has 1 saturated carbocycles. The van der Waals surface area contributed by atoms with Crippen molar-refractivity contribution in [2.24, 2.45) is 11.7 Å². The lowest BCUT2D eigenvalue weighted by Crippen LogP contribution is -2.57. The number of rotatable bonds is 1. The summed E-state index contributed by atoms with van der Waals surface area (Å²) in [6.45, 7) is 5.87. The zero-order valence-corrected chi connectivity index (χ0v) is 9.58. The average Bonchev–Trinajstić information content (AvgIpc) is 2.18. The first-order valence-corrected chi connectivity index (χ1v) is 6.21. The third kappa shape index (κ3) is 1.82. The number of likely N-dealkylation sites (tertiary alicyclic amines) is 1. The van der Waals surface area contributed by atoms with Crippen LogP contribution in [0.25, 0.3) is 0 Å². The van der Waals surface area contributed by atoms with Gasteiger partial charge in [0.15, 0.2) is 0 Å². The van der Waals surface area contributed by atoms with Gasteiger partial charge in [-0.05, 0) is 39.0 Å². The topological polar surface area (TPSA) is 29.3 Å². The summed E-state index contributed by atoms with van der Waals surface area (Å²) >= 11 is 0. The summed E-state index contributed by atoms with van der Waals surface area (Å²) in [4.78, 5) is 2.69. The highest BCUT2D eigenvalue weighted by atomic mass is 15.2. The summed E-state index contributed by atoms with van der Waals surface area (Å²) in [5.41, 5.74) is 6.23. The van der Waals surface area contributed by atoms with Crippen LogP contribution in [-0.2, 0) is 0 Å². The molecule has 0 aromatic heterocycles. The van der Waals surface area contributed by atoms with E-state index >= 15 is 0 Å². The molecule has 0 aromatic carbocycles. The number of fused-ring (bicyclic) bond motifs is 1. The van der Waals surface area contributed by atoms with Crippen molar-refractivity contribution in [1.82, 2.24) is 4.90 Å². The van der Waals surface area contributed by atoms with Crippen LogP contribution >= 0.6 is 0 Å². The fourth-order valence-electron chi connectivity index (χ4n) is 3.37. The molecule has 14 heavy (non-hydrogen) atoms. The molecule has 0 bridgehead atoms. The van der Waals surface area contributed by atoms with E-state index in [1.807, 2.05) is 0 Å². The van der Waals surface area contributed by atoms with Crippen molar-refractivity contribution in [3.8, 4) is 0 Å². The Labute approximate surface area is 87.8 Å². The Kier molecular flexibility index (Phi) is 3.13. The maximum atomic E-state index is 6.23. The molecule has 0 amide bonds. The van der Waals surface area contributed by atoms with E-state index in [1.54, 1.807) is 0 Å². The zero-order valence-electron chi connectivity index (χ0n) is 9.58. The van der Waals surface area contributed by atoms with E-state index in [2.05, 4.69) is 18.7 Å². The number of hydrogen-bond donors (Lipinski definition) is 1. The van der Waals surface area contributed by atoms with Crippen LogP contribution < -0.4 is 5.73 Å². The smallest absolute Gasteiger partial charge is 0.0141 e. The van der Waals surface area contributed by atoms with Crippen molar-refractivity contribution in [3.05, 3.63) is 0 Å². The summed E-state index contributed by atoms with van der Waals surface area (Å²) < 4.78 is 0. The van der Waals surface area contributed by atoms with Crippen LogP contribution in [0.5, 0.6) is 0 Å². The summed E-state index contributed by atoms with van der Waals surface area (Å²) in [7, 11) is 0. The van der Waals surface area contributed by atoms with Gasteiger partial charge in [0.1, 0.15) is 0 Å². The van der Waals surface area contributed by atoms with Crippen LogP contribution in [0.3, 0.4) is 0 Å². The van der Waals surface area contributed by atoms with E-state index in [0.717, 1.165) is 12.0 Å². The van der Waals surface area contributed by atoms with Crippen LogP contribution in [0.4, 0.5) is 0 Å². The van der Waals surface area contributed by atoms with Crippen LogP contribution in [0.2, 0.25) is 0 Å². The minimum absolute atomic E-state index is 0.482. The Hall–Kier alpha value is -0.0800. The summed E-state index contributed by atoms with van der Waals surface area (Å²) in [6, 6.07) is 1.98. The van der Waals surface area contributed by atoms with Crippen molar-refractivity contribution in [2.45, 2.75) is 64.1 Å². The highest BCUT2D eigenvalue weighted by Crippen LogP contribution is 2.35. The van der Waals surface area contributed by atoms with Gasteiger partial charge in [0.2, 0.25) is 0 Å². The Morgan fingerprint density at radius 1 is 1.14 bits per heavy atom. The largest absolute Gasteiger partial charge is 0.327 e. The first kappa shape index (κ1) is 10.4. The molecule has 2 aliphatic rings. The second-order valence-corrected chi connectivity index (χ2v) is 5.30. The highest BCUT2D eigenvalue weighted by molar-refractivity contribution is 4.94. The maximum absolute atomic E-state index is 6.23. The van der Waals surface area contributed by atoms with Gasteiger partial charge < -0.3 is 5.73 Å². The van der Waals surface area contributed by atoms with Gasteiger partial charge in [-0.1, -0.05) is 12.8 Å². The lowest BCUT2D eigenvalue weighted by atomic mass is 9.75. The monoisotopic (exact) mass is 196 g/mol. The van der Waals surface area contributed by atoms with E-state index in [4.69, 9.17) is 5.73 Å². The van der Waals surface area contributed by atoms with Crippen molar-refractivity contribution in [2.75, 3.05) is 6.54 Å². The molecule has 2 N–H and O–H groups in total. The van der Waals surface area contributed by atoms with Gasteiger partial charge in [0.05, 0.1) is 0 Å². The molecule has 2 rings (SSSR count). The van der Waals surface area contributed by atoms with Crippen LogP contribution in [0.15, 0.2) is 0 Å². The maximum Gasteiger partial charge on any atom is 0.0141 e. The quantitative estimate of drug-likeness (QED) is 0.695. The molecular formula is C12H24N2. The molecule has 1 aliphatic carbocycles. The third-order valence-electron chi connectivity index (χ3n) is 4.14. The number of piperidine rings is 1. The lowest BCUT2D eigenvalue weighted by Gasteiger charge is -2.48. The van der Waals surface area contributed by atoms with Gasteiger partial charge in [-0.25, -0.2) is 0 Å². The van der Waals surface area contributed by atoms with Gasteiger partial charge in [0.25, 0.3) is 0 Å². The molecule has 2 nitrogen and oxygen atoms in total. The molecule has 0 spiro atoms. The Balaban J connectivity index is 2.08. The molecule has 1 saturated heterocycles. The molecule has 3 atom stereocenters. The fraction of sp³-hybridized carbons (Fsp3) is 1.00. The van der Waals surface area contributed by atoms with E-state index in [9.17, 15) is 0 Å². The molecule has 1 aliphatic heterocycles. The first-order valence-electron chi connectivity index (χ1n) is 6.21. The minimum atomic E-state index is 0.482. The first-order chi connectivity index (χ1) is 6.70. The Morgan fingerprint density at radius 2 is 1.86 bits per heavy atom. The Morgan fingerprint density at radius 3 is 2.57 bits per heavy atom. The number of hydrogen-bond acceptors (Lipinski definition) is 2. The second-order valence-electron chi connectivity index (χ2n) is 5.30. The second kappa shape index (κ2) is 4.19.